The van der Waals surface area contributed by atoms with E-state index in [2.05, 4.69) is 19.9 Å². The quantitative estimate of drug-likeness (QED) is 0.743. The fourth-order valence-electron chi connectivity index (χ4n) is 3.56. The Labute approximate surface area is 151 Å². The van der Waals surface area contributed by atoms with E-state index >= 15 is 0 Å². The van der Waals surface area contributed by atoms with Gasteiger partial charge >= 0.3 is 0 Å². The summed E-state index contributed by atoms with van der Waals surface area (Å²) in [6, 6.07) is 7.69. The SMILES string of the molecule is CN(c1ncnc2[nH]ccc12)[C@H]1C[C@@H](CS(=O)(=O)c2ccccc2F)C1. The van der Waals surface area contributed by atoms with Crippen molar-refractivity contribution in [2.45, 2.75) is 23.8 Å². The monoisotopic (exact) mass is 374 g/mol. The van der Waals surface area contributed by atoms with Crippen molar-refractivity contribution in [3.05, 3.63) is 48.7 Å². The molecule has 26 heavy (non-hydrogen) atoms. The number of hydrogen-bond donors (Lipinski definition) is 1. The molecule has 2 aromatic heterocycles. The van der Waals surface area contributed by atoms with Gasteiger partial charge < -0.3 is 9.88 Å². The molecule has 0 atom stereocenters. The number of rotatable bonds is 5. The predicted molar refractivity (Wildman–Crippen MR) is 97.3 cm³/mol. The normalized spacial score (nSPS) is 20.1. The Balaban J connectivity index is 1.44. The van der Waals surface area contributed by atoms with Crippen LogP contribution in [0.25, 0.3) is 11.0 Å². The molecule has 6 nitrogen and oxygen atoms in total. The minimum absolute atomic E-state index is 0.0237. The second-order valence-electron chi connectivity index (χ2n) is 6.75. The zero-order valence-corrected chi connectivity index (χ0v) is 15.1. The van der Waals surface area contributed by atoms with Crippen molar-refractivity contribution in [1.82, 2.24) is 15.0 Å². The highest BCUT2D eigenvalue weighted by atomic mass is 32.2. The molecular formula is C18H19FN4O2S. The van der Waals surface area contributed by atoms with Crippen molar-refractivity contribution in [1.29, 1.82) is 0 Å². The lowest BCUT2D eigenvalue weighted by Gasteiger charge is -2.41. The lowest BCUT2D eigenvalue weighted by molar-refractivity contribution is 0.282. The van der Waals surface area contributed by atoms with E-state index < -0.39 is 15.7 Å². The number of anilines is 1. The molecule has 0 amide bonds. The van der Waals surface area contributed by atoms with E-state index in [1.54, 1.807) is 6.07 Å². The third-order valence-corrected chi connectivity index (χ3v) is 6.96. The largest absolute Gasteiger partial charge is 0.356 e. The number of aromatic nitrogens is 3. The van der Waals surface area contributed by atoms with E-state index in [0.29, 0.717) is 0 Å². The Kier molecular flexibility index (Phi) is 4.14. The van der Waals surface area contributed by atoms with Gasteiger partial charge in [0.2, 0.25) is 0 Å². The maximum atomic E-state index is 13.8. The molecule has 0 aliphatic heterocycles. The van der Waals surface area contributed by atoms with Crippen LogP contribution in [0.4, 0.5) is 10.2 Å². The molecule has 1 N–H and O–H groups in total. The van der Waals surface area contributed by atoms with Gasteiger partial charge in [-0.25, -0.2) is 22.8 Å². The summed E-state index contributed by atoms with van der Waals surface area (Å²) in [4.78, 5) is 13.5. The molecule has 1 aromatic carbocycles. The fraction of sp³-hybridized carbons (Fsp3) is 0.333. The van der Waals surface area contributed by atoms with Crippen LogP contribution >= 0.6 is 0 Å². The Morgan fingerprint density at radius 2 is 2.00 bits per heavy atom. The number of hydrogen-bond acceptors (Lipinski definition) is 5. The van der Waals surface area contributed by atoms with Crippen LogP contribution < -0.4 is 4.90 Å². The third-order valence-electron chi connectivity index (χ3n) is 5.05. The summed E-state index contributed by atoms with van der Waals surface area (Å²) >= 11 is 0. The van der Waals surface area contributed by atoms with Crippen molar-refractivity contribution in [2.75, 3.05) is 17.7 Å². The molecule has 1 saturated carbocycles. The van der Waals surface area contributed by atoms with Gasteiger partial charge in [-0.1, -0.05) is 12.1 Å². The van der Waals surface area contributed by atoms with E-state index in [1.807, 2.05) is 19.3 Å². The average Bonchev–Trinajstić information content (AvgIpc) is 3.06. The van der Waals surface area contributed by atoms with Gasteiger partial charge in [-0.15, -0.1) is 0 Å². The van der Waals surface area contributed by atoms with Gasteiger partial charge in [-0.2, -0.15) is 0 Å². The van der Waals surface area contributed by atoms with Crippen molar-refractivity contribution >= 4 is 26.7 Å². The molecule has 136 valence electrons. The van der Waals surface area contributed by atoms with Gasteiger partial charge in [0, 0.05) is 19.3 Å². The van der Waals surface area contributed by atoms with E-state index in [1.165, 1.54) is 24.5 Å². The summed E-state index contributed by atoms with van der Waals surface area (Å²) in [6.07, 6.45) is 4.81. The summed E-state index contributed by atoms with van der Waals surface area (Å²) in [7, 11) is -1.66. The van der Waals surface area contributed by atoms with E-state index in [4.69, 9.17) is 0 Å². The number of nitrogens with zero attached hydrogens (tertiary/aromatic N) is 3. The van der Waals surface area contributed by atoms with Crippen LogP contribution in [0.2, 0.25) is 0 Å². The van der Waals surface area contributed by atoms with Gasteiger partial charge in [0.15, 0.2) is 9.84 Å². The number of aromatic amines is 1. The van der Waals surface area contributed by atoms with Crippen LogP contribution in [0, 0.1) is 11.7 Å². The Morgan fingerprint density at radius 1 is 1.23 bits per heavy atom. The van der Waals surface area contributed by atoms with E-state index in [9.17, 15) is 12.8 Å². The van der Waals surface area contributed by atoms with E-state index in [-0.39, 0.29) is 22.6 Å². The maximum Gasteiger partial charge on any atom is 0.181 e. The van der Waals surface area contributed by atoms with Crippen LogP contribution in [0.1, 0.15) is 12.8 Å². The minimum Gasteiger partial charge on any atom is -0.356 e. The van der Waals surface area contributed by atoms with Gasteiger partial charge in [0.1, 0.15) is 28.5 Å². The molecule has 1 fully saturated rings. The fourth-order valence-corrected chi connectivity index (χ4v) is 5.29. The number of sulfone groups is 1. The number of fused-ring (bicyclic) bond motifs is 1. The smallest absolute Gasteiger partial charge is 0.181 e. The highest BCUT2D eigenvalue weighted by Crippen LogP contribution is 2.36. The zero-order chi connectivity index (χ0) is 18.3. The zero-order valence-electron chi connectivity index (χ0n) is 14.3. The Hall–Kier alpha value is -2.48. The topological polar surface area (TPSA) is 79.0 Å². The van der Waals surface area contributed by atoms with Crippen molar-refractivity contribution < 1.29 is 12.8 Å². The van der Waals surface area contributed by atoms with Crippen LogP contribution in [-0.2, 0) is 9.84 Å². The standard InChI is InChI=1S/C18H19FN4O2S/c1-23(18-14-6-7-20-17(14)21-11-22-18)13-8-12(9-13)10-26(24,25)16-5-3-2-4-15(16)19/h2-7,11-13H,8-10H2,1H3,(H,20,21,22)/t12-,13+. The highest BCUT2D eigenvalue weighted by molar-refractivity contribution is 7.91. The van der Waals surface area contributed by atoms with Crippen LogP contribution in [0.5, 0.6) is 0 Å². The van der Waals surface area contributed by atoms with Crippen molar-refractivity contribution in [3.63, 3.8) is 0 Å². The third kappa shape index (κ3) is 2.94. The first-order valence-corrected chi connectivity index (χ1v) is 10.1. The van der Waals surface area contributed by atoms with Crippen LogP contribution in [0.3, 0.4) is 0 Å². The number of H-pyrrole nitrogens is 1. The van der Waals surface area contributed by atoms with Crippen molar-refractivity contribution in [2.24, 2.45) is 5.92 Å². The van der Waals surface area contributed by atoms with Gasteiger partial charge in [0.25, 0.3) is 0 Å². The summed E-state index contributed by atoms with van der Waals surface area (Å²) in [6.45, 7) is 0. The van der Waals surface area contributed by atoms with Crippen LogP contribution in [0.15, 0.2) is 47.8 Å². The van der Waals surface area contributed by atoms with Crippen molar-refractivity contribution in [3.8, 4) is 0 Å². The summed E-state index contributed by atoms with van der Waals surface area (Å²) in [5.74, 6) is 0.144. The second kappa shape index (κ2) is 6.35. The summed E-state index contributed by atoms with van der Waals surface area (Å²) in [5.41, 5.74) is 0.778. The first-order chi connectivity index (χ1) is 12.5. The molecule has 0 bridgehead atoms. The molecule has 0 unspecified atom stereocenters. The molecule has 3 aromatic rings. The molecule has 2 heterocycles. The molecule has 8 heteroatoms. The summed E-state index contributed by atoms with van der Waals surface area (Å²) in [5, 5.41) is 0.942. The average molecular weight is 374 g/mol. The molecule has 1 aliphatic rings. The Bertz CT molecular complexity index is 1040. The molecular weight excluding hydrogens is 355 g/mol. The lowest BCUT2D eigenvalue weighted by atomic mass is 9.81. The molecule has 0 saturated heterocycles. The minimum atomic E-state index is -3.61. The molecule has 1 aliphatic carbocycles. The number of nitrogens with one attached hydrogen (secondary N) is 1. The predicted octanol–water partition coefficient (Wildman–Crippen LogP) is 2.79. The first kappa shape index (κ1) is 17.0. The maximum absolute atomic E-state index is 13.8. The molecule has 4 rings (SSSR count). The van der Waals surface area contributed by atoms with E-state index in [0.717, 1.165) is 29.7 Å². The molecule has 0 spiro atoms. The highest BCUT2D eigenvalue weighted by Gasteiger charge is 2.37. The molecule has 0 radical (unpaired) electrons. The lowest BCUT2D eigenvalue weighted by Crippen LogP contribution is -2.45. The van der Waals surface area contributed by atoms with Crippen LogP contribution in [-0.4, -0.2) is 42.2 Å². The number of halogens is 1. The second-order valence-corrected chi connectivity index (χ2v) is 8.75. The Morgan fingerprint density at radius 3 is 2.77 bits per heavy atom. The first-order valence-electron chi connectivity index (χ1n) is 8.44. The van der Waals surface area contributed by atoms with Gasteiger partial charge in [-0.3, -0.25) is 0 Å². The van der Waals surface area contributed by atoms with Gasteiger partial charge in [0.05, 0.1) is 11.1 Å². The van der Waals surface area contributed by atoms with Gasteiger partial charge in [-0.05, 0) is 37.0 Å². The number of benzene rings is 1. The summed E-state index contributed by atoms with van der Waals surface area (Å²) < 4.78 is 38.7.